The fourth-order valence-electron chi connectivity index (χ4n) is 5.13. The van der Waals surface area contributed by atoms with Crippen molar-refractivity contribution in [2.45, 2.75) is 13.3 Å². The number of aryl methyl sites for hydroxylation is 1. The summed E-state index contributed by atoms with van der Waals surface area (Å²) in [5, 5.41) is 3.06. The van der Waals surface area contributed by atoms with Gasteiger partial charge in [-0.15, -0.1) is 0 Å². The van der Waals surface area contributed by atoms with Gasteiger partial charge in [-0.3, -0.25) is 4.79 Å². The highest BCUT2D eigenvalue weighted by atomic mass is 16.1. The van der Waals surface area contributed by atoms with Gasteiger partial charge in [-0.2, -0.15) is 0 Å². The number of carbonyl (C=O) groups excluding carboxylic acids is 1. The number of nitrogens with one attached hydrogen (secondary N) is 2. The second-order valence-electron chi connectivity index (χ2n) is 9.45. The average molecular weight is 497 g/mol. The molecule has 0 saturated heterocycles. The lowest BCUT2D eigenvalue weighted by Gasteiger charge is -2.27. The first-order valence-corrected chi connectivity index (χ1v) is 12.8. The standard InChI is InChI=1S/C33H28N4O/c1-22(37-21-20-30-32(35-23(2)34-30)29-14-8-9-15-31(29)37)24-16-18-26(19-17-24)36-33(38)28-13-7-6-12-27(28)25-10-4-3-5-11-25/h3-19H,1,20-21H2,2H3,(H,34,35)(H,36,38). The van der Waals surface area contributed by atoms with E-state index in [2.05, 4.69) is 46.0 Å². The highest BCUT2D eigenvalue weighted by Gasteiger charge is 2.24. The van der Waals surface area contributed by atoms with Gasteiger partial charge in [0.1, 0.15) is 5.82 Å². The monoisotopic (exact) mass is 496 g/mol. The van der Waals surface area contributed by atoms with Gasteiger partial charge in [-0.05, 0) is 47.9 Å². The lowest BCUT2D eigenvalue weighted by molar-refractivity contribution is 0.102. The molecular formula is C33H28N4O. The summed E-state index contributed by atoms with van der Waals surface area (Å²) in [6, 6.07) is 33.9. The number of anilines is 2. The van der Waals surface area contributed by atoms with E-state index in [1.165, 1.54) is 0 Å². The Morgan fingerprint density at radius 3 is 2.34 bits per heavy atom. The van der Waals surface area contributed by atoms with Gasteiger partial charge in [0.25, 0.3) is 5.91 Å². The quantitative estimate of drug-likeness (QED) is 0.268. The fourth-order valence-corrected chi connectivity index (χ4v) is 5.13. The predicted octanol–water partition coefficient (Wildman–Crippen LogP) is 7.34. The Morgan fingerprint density at radius 1 is 0.868 bits per heavy atom. The van der Waals surface area contributed by atoms with Crippen molar-refractivity contribution in [2.24, 2.45) is 0 Å². The Morgan fingerprint density at radius 2 is 1.55 bits per heavy atom. The van der Waals surface area contributed by atoms with Crippen LogP contribution in [0.15, 0.2) is 110 Å². The zero-order valence-corrected chi connectivity index (χ0v) is 21.2. The van der Waals surface area contributed by atoms with Crippen molar-refractivity contribution in [1.82, 2.24) is 9.97 Å². The van der Waals surface area contributed by atoms with Gasteiger partial charge in [0, 0.05) is 35.5 Å². The number of rotatable bonds is 5. The van der Waals surface area contributed by atoms with Gasteiger partial charge in [0.05, 0.1) is 17.1 Å². The lowest BCUT2D eigenvalue weighted by Crippen LogP contribution is -2.23. The summed E-state index contributed by atoms with van der Waals surface area (Å²) in [5.74, 6) is 0.794. The molecule has 0 radical (unpaired) electrons. The predicted molar refractivity (Wildman–Crippen MR) is 155 cm³/mol. The van der Waals surface area contributed by atoms with E-state index >= 15 is 0 Å². The number of amides is 1. The topological polar surface area (TPSA) is 61.0 Å². The fraction of sp³-hybridized carbons (Fsp3) is 0.0909. The van der Waals surface area contributed by atoms with E-state index in [4.69, 9.17) is 4.98 Å². The van der Waals surface area contributed by atoms with Crippen LogP contribution in [0.1, 0.15) is 27.4 Å². The summed E-state index contributed by atoms with van der Waals surface area (Å²) in [6.45, 7) is 7.22. The van der Waals surface area contributed by atoms with Gasteiger partial charge in [-0.25, -0.2) is 4.98 Å². The number of para-hydroxylation sites is 1. The zero-order valence-electron chi connectivity index (χ0n) is 21.2. The van der Waals surface area contributed by atoms with Gasteiger partial charge in [0.2, 0.25) is 0 Å². The number of H-pyrrole nitrogens is 1. The number of aromatic nitrogens is 2. The van der Waals surface area contributed by atoms with E-state index in [1.54, 1.807) is 0 Å². The maximum atomic E-state index is 13.2. The summed E-state index contributed by atoms with van der Waals surface area (Å²) in [7, 11) is 0. The van der Waals surface area contributed by atoms with Crippen LogP contribution >= 0.6 is 0 Å². The van der Waals surface area contributed by atoms with Gasteiger partial charge in [-0.1, -0.05) is 85.4 Å². The molecule has 0 saturated carbocycles. The van der Waals surface area contributed by atoms with Crippen LogP contribution < -0.4 is 10.2 Å². The van der Waals surface area contributed by atoms with Crippen molar-refractivity contribution in [3.63, 3.8) is 0 Å². The SMILES string of the molecule is C=C(c1ccc(NC(=O)c2ccccc2-c2ccccc2)cc1)N1CCc2nc(C)[nH]c2-c2ccccc21. The summed E-state index contributed by atoms with van der Waals surface area (Å²) >= 11 is 0. The molecule has 0 atom stereocenters. The number of hydrogen-bond acceptors (Lipinski definition) is 3. The van der Waals surface area contributed by atoms with Crippen LogP contribution in [0.25, 0.3) is 28.1 Å². The lowest BCUT2D eigenvalue weighted by atomic mass is 9.99. The van der Waals surface area contributed by atoms with Crippen LogP contribution in [0.2, 0.25) is 0 Å². The number of fused-ring (bicyclic) bond motifs is 3. The number of aromatic amines is 1. The molecule has 186 valence electrons. The summed E-state index contributed by atoms with van der Waals surface area (Å²) in [6.07, 6.45) is 0.822. The van der Waals surface area contributed by atoms with Crippen LogP contribution in [-0.2, 0) is 6.42 Å². The van der Waals surface area contributed by atoms with Gasteiger partial charge >= 0.3 is 0 Å². The Bertz CT molecular complexity index is 1630. The molecule has 6 rings (SSSR count). The molecule has 1 amide bonds. The molecule has 1 aromatic heterocycles. The second-order valence-corrected chi connectivity index (χ2v) is 9.45. The van der Waals surface area contributed by atoms with Crippen LogP contribution in [0.4, 0.5) is 11.4 Å². The molecule has 0 bridgehead atoms. The zero-order chi connectivity index (χ0) is 26.1. The number of nitrogens with zero attached hydrogens (tertiary/aromatic N) is 2. The van der Waals surface area contributed by atoms with Crippen LogP contribution in [0, 0.1) is 6.92 Å². The first-order valence-electron chi connectivity index (χ1n) is 12.8. The molecule has 0 fully saturated rings. The number of carbonyl (C=O) groups is 1. The van der Waals surface area contributed by atoms with E-state index < -0.39 is 0 Å². The minimum atomic E-state index is -0.138. The third-order valence-electron chi connectivity index (χ3n) is 6.99. The summed E-state index contributed by atoms with van der Waals surface area (Å²) in [5.41, 5.74) is 9.60. The van der Waals surface area contributed by atoms with Crippen molar-refractivity contribution in [3.05, 3.63) is 132 Å². The Labute approximate surface area is 222 Å². The molecule has 5 aromatic rings. The molecule has 5 heteroatoms. The van der Waals surface area contributed by atoms with Crippen LogP contribution in [0.3, 0.4) is 0 Å². The molecule has 1 aliphatic rings. The molecule has 0 aliphatic carbocycles. The largest absolute Gasteiger partial charge is 0.342 e. The first kappa shape index (κ1) is 23.5. The highest BCUT2D eigenvalue weighted by molar-refractivity contribution is 6.08. The molecule has 0 spiro atoms. The van der Waals surface area contributed by atoms with Crippen LogP contribution in [0.5, 0.6) is 0 Å². The van der Waals surface area contributed by atoms with Crippen molar-refractivity contribution < 1.29 is 4.79 Å². The number of imidazole rings is 1. The molecule has 1 aliphatic heterocycles. The molecule has 2 heterocycles. The first-order chi connectivity index (χ1) is 18.6. The van der Waals surface area contributed by atoms with E-state index in [0.29, 0.717) is 5.56 Å². The van der Waals surface area contributed by atoms with Crippen molar-refractivity contribution >= 4 is 23.0 Å². The van der Waals surface area contributed by atoms with Crippen molar-refractivity contribution in [2.75, 3.05) is 16.8 Å². The number of hydrogen-bond donors (Lipinski definition) is 2. The van der Waals surface area contributed by atoms with E-state index in [0.717, 1.165) is 69.5 Å². The summed E-state index contributed by atoms with van der Waals surface area (Å²) in [4.78, 5) is 23.6. The van der Waals surface area contributed by atoms with E-state index in [9.17, 15) is 4.79 Å². The molecular weight excluding hydrogens is 468 g/mol. The summed E-state index contributed by atoms with van der Waals surface area (Å²) < 4.78 is 0. The second kappa shape index (κ2) is 9.87. The van der Waals surface area contributed by atoms with Crippen molar-refractivity contribution in [1.29, 1.82) is 0 Å². The Hall–Kier alpha value is -4.90. The van der Waals surface area contributed by atoms with E-state index in [1.807, 2.05) is 85.8 Å². The minimum Gasteiger partial charge on any atom is -0.342 e. The molecule has 4 aromatic carbocycles. The smallest absolute Gasteiger partial charge is 0.256 e. The molecule has 0 unspecified atom stereocenters. The maximum Gasteiger partial charge on any atom is 0.256 e. The Balaban J connectivity index is 1.23. The van der Waals surface area contributed by atoms with Crippen molar-refractivity contribution in [3.8, 4) is 22.4 Å². The van der Waals surface area contributed by atoms with Gasteiger partial charge in [0.15, 0.2) is 0 Å². The third kappa shape index (κ3) is 4.39. The number of benzene rings is 4. The third-order valence-corrected chi connectivity index (χ3v) is 6.99. The molecule has 38 heavy (non-hydrogen) atoms. The maximum absolute atomic E-state index is 13.2. The van der Waals surface area contributed by atoms with Gasteiger partial charge < -0.3 is 15.2 Å². The molecule has 5 nitrogen and oxygen atoms in total. The highest BCUT2D eigenvalue weighted by Crippen LogP contribution is 2.38. The van der Waals surface area contributed by atoms with E-state index in [-0.39, 0.29) is 5.91 Å². The molecule has 2 N–H and O–H groups in total. The average Bonchev–Trinajstić information content (AvgIpc) is 3.27. The Kier molecular flexibility index (Phi) is 6.10. The van der Waals surface area contributed by atoms with Crippen LogP contribution in [-0.4, -0.2) is 22.4 Å². The normalized spacial score (nSPS) is 12.3. The minimum absolute atomic E-state index is 0.138.